The second kappa shape index (κ2) is 3.09. The number of fused-ring (bicyclic) bond motifs is 1. The summed E-state index contributed by atoms with van der Waals surface area (Å²) < 4.78 is 5.42. The summed E-state index contributed by atoms with van der Waals surface area (Å²) in [5.41, 5.74) is 2.77. The average molecular weight is 177 g/mol. The quantitative estimate of drug-likeness (QED) is 0.486. The molecule has 0 radical (unpaired) electrons. The number of nitrogens with zero attached hydrogens (tertiary/aromatic N) is 1. The average Bonchev–Trinajstić information content (AvgIpc) is 2.17. The van der Waals surface area contributed by atoms with Gasteiger partial charge < -0.3 is 9.94 Å². The minimum atomic E-state index is 0.593. The Morgan fingerprint density at radius 3 is 3.08 bits per heavy atom. The van der Waals surface area contributed by atoms with Crippen LogP contribution >= 0.6 is 0 Å². The lowest BCUT2D eigenvalue weighted by atomic mass is 10.0. The number of hydrogen-bond donors (Lipinski definition) is 1. The summed E-state index contributed by atoms with van der Waals surface area (Å²) in [5.74, 6) is 0.810. The molecular formula is C10H11NO2. The van der Waals surface area contributed by atoms with Crippen molar-refractivity contribution in [1.82, 2.24) is 0 Å². The maximum Gasteiger partial charge on any atom is 0.128 e. The summed E-state index contributed by atoms with van der Waals surface area (Å²) in [4.78, 5) is 0. The molecule has 0 saturated carbocycles. The fraction of sp³-hybridized carbons (Fsp3) is 0.300. The molecule has 13 heavy (non-hydrogen) atoms. The molecule has 1 aromatic rings. The summed E-state index contributed by atoms with van der Waals surface area (Å²) in [5, 5.41) is 12.0. The van der Waals surface area contributed by atoms with Crippen molar-refractivity contribution >= 4 is 5.71 Å². The van der Waals surface area contributed by atoms with E-state index in [0.717, 1.165) is 16.9 Å². The van der Waals surface area contributed by atoms with E-state index in [1.54, 1.807) is 0 Å². The van der Waals surface area contributed by atoms with Gasteiger partial charge in [0.1, 0.15) is 5.75 Å². The van der Waals surface area contributed by atoms with E-state index in [9.17, 15) is 0 Å². The Balaban J connectivity index is 2.54. The van der Waals surface area contributed by atoms with Gasteiger partial charge in [-0.1, -0.05) is 16.8 Å². The fourth-order valence-corrected chi connectivity index (χ4v) is 1.49. The van der Waals surface area contributed by atoms with E-state index in [0.29, 0.717) is 18.7 Å². The molecule has 0 amide bonds. The minimum Gasteiger partial charge on any atom is -0.492 e. The minimum absolute atomic E-state index is 0.593. The van der Waals surface area contributed by atoms with E-state index in [-0.39, 0.29) is 0 Å². The lowest BCUT2D eigenvalue weighted by molar-refractivity contribution is 0.298. The van der Waals surface area contributed by atoms with E-state index in [4.69, 9.17) is 9.94 Å². The van der Waals surface area contributed by atoms with Gasteiger partial charge in [0, 0.05) is 12.0 Å². The van der Waals surface area contributed by atoms with E-state index in [1.165, 1.54) is 0 Å². The summed E-state index contributed by atoms with van der Waals surface area (Å²) in [6.45, 7) is 2.60. The van der Waals surface area contributed by atoms with Crippen molar-refractivity contribution in [3.8, 4) is 5.75 Å². The van der Waals surface area contributed by atoms with E-state index >= 15 is 0 Å². The molecule has 1 aliphatic heterocycles. The van der Waals surface area contributed by atoms with Gasteiger partial charge >= 0.3 is 0 Å². The Morgan fingerprint density at radius 2 is 2.31 bits per heavy atom. The number of ether oxygens (including phenoxy) is 1. The van der Waals surface area contributed by atoms with Crippen molar-refractivity contribution in [2.75, 3.05) is 6.61 Å². The first-order valence-electron chi connectivity index (χ1n) is 4.26. The molecule has 0 unspecified atom stereocenters. The van der Waals surface area contributed by atoms with Gasteiger partial charge in [0.05, 0.1) is 12.3 Å². The van der Waals surface area contributed by atoms with Gasteiger partial charge in [-0.25, -0.2) is 0 Å². The first kappa shape index (κ1) is 8.10. The molecule has 0 fully saturated rings. The number of oxime groups is 1. The zero-order chi connectivity index (χ0) is 9.26. The smallest absolute Gasteiger partial charge is 0.128 e. The third-order valence-electron chi connectivity index (χ3n) is 2.16. The summed E-state index contributed by atoms with van der Waals surface area (Å²) >= 11 is 0. The molecule has 1 heterocycles. The molecule has 1 aromatic carbocycles. The van der Waals surface area contributed by atoms with Crippen LogP contribution < -0.4 is 4.74 Å². The van der Waals surface area contributed by atoms with E-state index in [1.807, 2.05) is 25.1 Å². The number of hydrogen-bond acceptors (Lipinski definition) is 3. The lowest BCUT2D eigenvalue weighted by Crippen LogP contribution is -2.16. The maximum absolute atomic E-state index is 8.76. The third-order valence-corrected chi connectivity index (χ3v) is 2.16. The lowest BCUT2D eigenvalue weighted by Gasteiger charge is -2.18. The molecule has 1 aliphatic rings. The first-order valence-corrected chi connectivity index (χ1v) is 4.26. The van der Waals surface area contributed by atoms with Gasteiger partial charge in [-0.15, -0.1) is 0 Å². The molecule has 0 saturated heterocycles. The zero-order valence-electron chi connectivity index (χ0n) is 7.45. The molecule has 68 valence electrons. The molecule has 0 bridgehead atoms. The first-order chi connectivity index (χ1) is 6.31. The van der Waals surface area contributed by atoms with Crippen LogP contribution in [-0.2, 0) is 0 Å². The molecule has 2 rings (SSSR count). The number of benzene rings is 1. The van der Waals surface area contributed by atoms with Crippen LogP contribution in [0.25, 0.3) is 0 Å². The SMILES string of the molecule is Cc1ccc2c(c1)C(=NO)CCO2. The van der Waals surface area contributed by atoms with E-state index in [2.05, 4.69) is 5.16 Å². The van der Waals surface area contributed by atoms with E-state index < -0.39 is 0 Å². The van der Waals surface area contributed by atoms with Gasteiger partial charge in [0.2, 0.25) is 0 Å². The van der Waals surface area contributed by atoms with Crippen LogP contribution in [0.3, 0.4) is 0 Å². The van der Waals surface area contributed by atoms with Gasteiger partial charge in [0.25, 0.3) is 0 Å². The topological polar surface area (TPSA) is 41.8 Å². The largest absolute Gasteiger partial charge is 0.492 e. The Kier molecular flexibility index (Phi) is 1.93. The summed E-state index contributed by atoms with van der Waals surface area (Å²) in [6, 6.07) is 5.87. The second-order valence-corrected chi connectivity index (χ2v) is 3.14. The standard InChI is InChI=1S/C10H11NO2/c1-7-2-3-10-8(6-7)9(11-12)4-5-13-10/h2-3,6,12H,4-5H2,1H3. The van der Waals surface area contributed by atoms with Crippen molar-refractivity contribution in [3.63, 3.8) is 0 Å². The molecule has 0 aromatic heterocycles. The van der Waals surface area contributed by atoms with Crippen molar-refractivity contribution in [1.29, 1.82) is 0 Å². The maximum atomic E-state index is 8.76. The Hall–Kier alpha value is -1.51. The van der Waals surface area contributed by atoms with Gasteiger partial charge in [-0.05, 0) is 19.1 Å². The molecular weight excluding hydrogens is 166 g/mol. The highest BCUT2D eigenvalue weighted by atomic mass is 16.5. The van der Waals surface area contributed by atoms with Crippen molar-refractivity contribution in [2.24, 2.45) is 5.16 Å². The molecule has 0 aliphatic carbocycles. The highest BCUT2D eigenvalue weighted by Crippen LogP contribution is 2.25. The molecule has 3 heteroatoms. The molecule has 0 atom stereocenters. The molecule has 1 N–H and O–H groups in total. The van der Waals surface area contributed by atoms with Crippen LogP contribution in [0.15, 0.2) is 23.4 Å². The normalized spacial score (nSPS) is 18.1. The highest BCUT2D eigenvalue weighted by Gasteiger charge is 2.16. The Labute approximate surface area is 76.6 Å². The van der Waals surface area contributed by atoms with Gasteiger partial charge in [-0.2, -0.15) is 0 Å². The van der Waals surface area contributed by atoms with Crippen LogP contribution in [0.2, 0.25) is 0 Å². The van der Waals surface area contributed by atoms with Crippen LogP contribution in [0.1, 0.15) is 17.5 Å². The Morgan fingerprint density at radius 1 is 1.46 bits per heavy atom. The number of rotatable bonds is 0. The van der Waals surface area contributed by atoms with Crippen molar-refractivity contribution < 1.29 is 9.94 Å². The van der Waals surface area contributed by atoms with Crippen LogP contribution in [0, 0.1) is 6.92 Å². The predicted molar refractivity (Wildman–Crippen MR) is 49.6 cm³/mol. The second-order valence-electron chi connectivity index (χ2n) is 3.14. The van der Waals surface area contributed by atoms with Gasteiger partial charge in [0.15, 0.2) is 0 Å². The zero-order valence-corrected chi connectivity index (χ0v) is 7.45. The third kappa shape index (κ3) is 1.37. The summed E-state index contributed by atoms with van der Waals surface area (Å²) in [7, 11) is 0. The van der Waals surface area contributed by atoms with Crippen molar-refractivity contribution in [3.05, 3.63) is 29.3 Å². The molecule has 0 spiro atoms. The molecule has 3 nitrogen and oxygen atoms in total. The fourth-order valence-electron chi connectivity index (χ4n) is 1.49. The van der Waals surface area contributed by atoms with Gasteiger partial charge in [-0.3, -0.25) is 0 Å². The predicted octanol–water partition coefficient (Wildman–Crippen LogP) is 1.96. The Bertz CT molecular complexity index is 358. The van der Waals surface area contributed by atoms with Crippen LogP contribution in [-0.4, -0.2) is 17.5 Å². The number of aryl methyl sites for hydroxylation is 1. The van der Waals surface area contributed by atoms with Crippen LogP contribution in [0.4, 0.5) is 0 Å². The monoisotopic (exact) mass is 177 g/mol. The van der Waals surface area contributed by atoms with Crippen LogP contribution in [0.5, 0.6) is 5.75 Å². The van der Waals surface area contributed by atoms with Crippen molar-refractivity contribution in [2.45, 2.75) is 13.3 Å². The summed E-state index contributed by atoms with van der Waals surface area (Å²) in [6.07, 6.45) is 0.674. The highest BCUT2D eigenvalue weighted by molar-refractivity contribution is 6.03.